The maximum atomic E-state index is 11.7. The summed E-state index contributed by atoms with van der Waals surface area (Å²) in [7, 11) is 0. The number of hydrogen-bond acceptors (Lipinski definition) is 6. The van der Waals surface area contributed by atoms with E-state index in [-0.39, 0.29) is 24.5 Å². The van der Waals surface area contributed by atoms with Gasteiger partial charge in [0.05, 0.1) is 17.2 Å². The Morgan fingerprint density at radius 3 is 2.64 bits per heavy atom. The Bertz CT molecular complexity index is 836. The first kappa shape index (κ1) is 18.4. The van der Waals surface area contributed by atoms with E-state index < -0.39 is 10.9 Å². The smallest absolute Gasteiger partial charge is 0.327 e. The number of nitro groups is 1. The number of non-ortho nitro benzene ring substituents is 1. The monoisotopic (exact) mass is 361 g/mol. The lowest BCUT2D eigenvalue weighted by atomic mass is 10.00. The summed E-state index contributed by atoms with van der Waals surface area (Å²) in [6.45, 7) is 1.67. The van der Waals surface area contributed by atoms with E-state index in [1.54, 1.807) is 31.2 Å². The highest BCUT2D eigenvalue weighted by Gasteiger charge is 2.18. The second kappa shape index (κ2) is 8.25. The van der Waals surface area contributed by atoms with Crippen LogP contribution in [0.2, 0.25) is 5.02 Å². The molecule has 0 heterocycles. The van der Waals surface area contributed by atoms with Crippen molar-refractivity contribution in [1.29, 1.82) is 0 Å². The van der Waals surface area contributed by atoms with Crippen LogP contribution >= 0.6 is 11.6 Å². The predicted molar refractivity (Wildman–Crippen MR) is 96.1 cm³/mol. The zero-order chi connectivity index (χ0) is 18.4. The average molecular weight is 362 g/mol. The lowest BCUT2D eigenvalue weighted by Gasteiger charge is -2.12. The molecule has 0 aliphatic rings. The molecule has 0 aliphatic heterocycles. The normalized spacial score (nSPS) is 11.2. The molecule has 2 N–H and O–H groups in total. The number of hydrogen-bond donors (Lipinski definition) is 1. The van der Waals surface area contributed by atoms with Crippen molar-refractivity contribution in [1.82, 2.24) is 0 Å². The molecule has 0 unspecified atom stereocenters. The van der Waals surface area contributed by atoms with Crippen LogP contribution in [0.1, 0.15) is 18.1 Å². The van der Waals surface area contributed by atoms with Crippen molar-refractivity contribution >= 4 is 34.7 Å². The first-order chi connectivity index (χ1) is 11.9. The van der Waals surface area contributed by atoms with Crippen molar-refractivity contribution in [2.75, 3.05) is 18.9 Å². The summed E-state index contributed by atoms with van der Waals surface area (Å²) >= 11 is 6.23. The van der Waals surface area contributed by atoms with Gasteiger partial charge in [-0.15, -0.1) is 0 Å². The molecule has 25 heavy (non-hydrogen) atoms. The second-order valence-electron chi connectivity index (χ2n) is 4.98. The average Bonchev–Trinajstić information content (AvgIpc) is 2.58. The molecule has 0 aliphatic carbocycles. The number of benzene rings is 2. The molecule has 0 amide bonds. The van der Waals surface area contributed by atoms with Gasteiger partial charge >= 0.3 is 5.97 Å². The molecular formula is C17H16ClN3O4. The summed E-state index contributed by atoms with van der Waals surface area (Å²) in [6, 6.07) is 10.9. The van der Waals surface area contributed by atoms with E-state index in [1.165, 1.54) is 18.2 Å². The quantitative estimate of drug-likeness (QED) is 0.279. The number of nitrogens with zero attached hydrogens (tertiary/aromatic N) is 2. The van der Waals surface area contributed by atoms with Gasteiger partial charge in [0, 0.05) is 34.0 Å². The molecule has 130 valence electrons. The SMILES string of the molecule is CCOC(=O)CN=C(c1cc([N+](=O)[O-])ccc1N)c1ccccc1Cl. The van der Waals surface area contributed by atoms with E-state index in [0.29, 0.717) is 21.9 Å². The molecule has 2 aromatic carbocycles. The maximum Gasteiger partial charge on any atom is 0.327 e. The standard InChI is InChI=1S/C17H16ClN3O4/c1-2-25-16(22)10-20-17(12-5-3-4-6-14(12)18)13-9-11(21(23)24)7-8-15(13)19/h3-9H,2,10,19H2,1H3. The number of nitro benzene ring substituents is 1. The van der Waals surface area contributed by atoms with Crippen LogP contribution in [0.15, 0.2) is 47.5 Å². The maximum absolute atomic E-state index is 11.7. The zero-order valence-electron chi connectivity index (χ0n) is 13.4. The summed E-state index contributed by atoms with van der Waals surface area (Å²) in [6.07, 6.45) is 0. The van der Waals surface area contributed by atoms with Crippen molar-refractivity contribution < 1.29 is 14.5 Å². The van der Waals surface area contributed by atoms with Gasteiger partial charge in [-0.2, -0.15) is 0 Å². The number of rotatable bonds is 6. The largest absolute Gasteiger partial charge is 0.465 e. The fourth-order valence-corrected chi connectivity index (χ4v) is 2.41. The molecule has 0 saturated carbocycles. The minimum absolute atomic E-state index is 0.139. The van der Waals surface area contributed by atoms with Crippen molar-refractivity contribution in [2.24, 2.45) is 4.99 Å². The number of aliphatic imine (C=N–C) groups is 1. The van der Waals surface area contributed by atoms with Crippen molar-refractivity contribution in [3.63, 3.8) is 0 Å². The number of nitrogen functional groups attached to an aromatic ring is 1. The minimum atomic E-state index is -0.529. The topological polar surface area (TPSA) is 108 Å². The number of carbonyl (C=O) groups excluding carboxylic acids is 1. The molecule has 2 rings (SSSR count). The van der Waals surface area contributed by atoms with Crippen molar-refractivity contribution in [2.45, 2.75) is 6.92 Å². The fraction of sp³-hybridized carbons (Fsp3) is 0.176. The number of halogens is 1. The molecular weight excluding hydrogens is 346 g/mol. The van der Waals surface area contributed by atoms with Crippen LogP contribution in [-0.4, -0.2) is 29.8 Å². The van der Waals surface area contributed by atoms with Crippen LogP contribution in [0, 0.1) is 10.1 Å². The highest BCUT2D eigenvalue weighted by Crippen LogP contribution is 2.26. The van der Waals surface area contributed by atoms with E-state index in [0.717, 1.165) is 0 Å². The minimum Gasteiger partial charge on any atom is -0.465 e. The molecule has 0 bridgehead atoms. The Kier molecular flexibility index (Phi) is 6.08. The molecule has 0 spiro atoms. The van der Waals surface area contributed by atoms with Gasteiger partial charge in [-0.3, -0.25) is 19.9 Å². The van der Waals surface area contributed by atoms with Crippen molar-refractivity contribution in [3.8, 4) is 0 Å². The molecule has 7 nitrogen and oxygen atoms in total. The number of carbonyl (C=O) groups is 1. The van der Waals surface area contributed by atoms with Gasteiger partial charge in [0.15, 0.2) is 0 Å². The first-order valence-electron chi connectivity index (χ1n) is 7.43. The van der Waals surface area contributed by atoms with E-state index in [1.807, 2.05) is 0 Å². The lowest BCUT2D eigenvalue weighted by molar-refractivity contribution is -0.384. The fourth-order valence-electron chi connectivity index (χ4n) is 2.18. The summed E-state index contributed by atoms with van der Waals surface area (Å²) in [5, 5.41) is 11.5. The molecule has 0 atom stereocenters. The zero-order valence-corrected chi connectivity index (χ0v) is 14.2. The summed E-state index contributed by atoms with van der Waals surface area (Å²) in [4.78, 5) is 26.5. The van der Waals surface area contributed by atoms with Gasteiger partial charge in [-0.25, -0.2) is 0 Å². The Morgan fingerprint density at radius 1 is 1.28 bits per heavy atom. The highest BCUT2D eigenvalue weighted by molar-refractivity contribution is 6.35. The summed E-state index contributed by atoms with van der Waals surface area (Å²) in [5.74, 6) is -0.518. The third-order valence-electron chi connectivity index (χ3n) is 3.30. The molecule has 0 fully saturated rings. The molecule has 0 aromatic heterocycles. The van der Waals surface area contributed by atoms with Gasteiger partial charge in [0.1, 0.15) is 6.54 Å². The van der Waals surface area contributed by atoms with Crippen LogP contribution in [0.5, 0.6) is 0 Å². The van der Waals surface area contributed by atoms with E-state index in [4.69, 9.17) is 22.1 Å². The highest BCUT2D eigenvalue weighted by atomic mass is 35.5. The number of ether oxygens (including phenoxy) is 1. The van der Waals surface area contributed by atoms with Crippen molar-refractivity contribution in [3.05, 3.63) is 68.7 Å². The van der Waals surface area contributed by atoms with E-state index in [2.05, 4.69) is 4.99 Å². The van der Waals surface area contributed by atoms with Gasteiger partial charge < -0.3 is 10.5 Å². The number of esters is 1. The van der Waals surface area contributed by atoms with Crippen LogP contribution in [0.3, 0.4) is 0 Å². The Hall–Kier alpha value is -2.93. The van der Waals surface area contributed by atoms with Gasteiger partial charge in [0.25, 0.3) is 5.69 Å². The Morgan fingerprint density at radius 2 is 2.00 bits per heavy atom. The van der Waals surface area contributed by atoms with E-state index in [9.17, 15) is 14.9 Å². The molecule has 8 heteroatoms. The third kappa shape index (κ3) is 4.54. The van der Waals surface area contributed by atoms with Crippen LogP contribution < -0.4 is 5.73 Å². The van der Waals surface area contributed by atoms with Crippen LogP contribution in [0.4, 0.5) is 11.4 Å². The Balaban J connectivity index is 2.58. The summed E-state index contributed by atoms with van der Waals surface area (Å²) in [5.41, 5.74) is 7.26. The molecule has 0 radical (unpaired) electrons. The van der Waals surface area contributed by atoms with Crippen LogP contribution in [0.25, 0.3) is 0 Å². The van der Waals surface area contributed by atoms with Gasteiger partial charge in [-0.1, -0.05) is 29.8 Å². The molecule has 0 saturated heterocycles. The Labute approximate surface area is 149 Å². The van der Waals surface area contributed by atoms with Gasteiger partial charge in [0.2, 0.25) is 0 Å². The second-order valence-corrected chi connectivity index (χ2v) is 5.39. The van der Waals surface area contributed by atoms with E-state index >= 15 is 0 Å². The lowest BCUT2D eigenvalue weighted by Crippen LogP contribution is -2.13. The van der Waals surface area contributed by atoms with Crippen LogP contribution in [-0.2, 0) is 9.53 Å². The summed E-state index contributed by atoms with van der Waals surface area (Å²) < 4.78 is 4.87. The number of nitrogens with two attached hydrogens (primary N) is 1. The molecule has 2 aromatic rings. The first-order valence-corrected chi connectivity index (χ1v) is 7.81. The number of anilines is 1. The predicted octanol–water partition coefficient (Wildman–Crippen LogP) is 3.23. The third-order valence-corrected chi connectivity index (χ3v) is 3.63. The van der Waals surface area contributed by atoms with Gasteiger partial charge in [-0.05, 0) is 19.1 Å².